The SMILES string of the molecule is COc1ccc(CN2CC(c3nc(C(C)(C)C)no3)CC2=O)cc1. The summed E-state index contributed by atoms with van der Waals surface area (Å²) in [5.74, 6) is 2.14. The van der Waals surface area contributed by atoms with Crippen molar-refractivity contribution in [3.63, 3.8) is 0 Å². The van der Waals surface area contributed by atoms with E-state index in [-0.39, 0.29) is 17.2 Å². The minimum absolute atomic E-state index is 0.0284. The molecule has 6 nitrogen and oxygen atoms in total. The van der Waals surface area contributed by atoms with Crippen molar-refractivity contribution in [3.05, 3.63) is 41.5 Å². The maximum atomic E-state index is 12.3. The molecule has 1 aliphatic rings. The molecular weight excluding hydrogens is 306 g/mol. The van der Waals surface area contributed by atoms with Crippen molar-refractivity contribution in [2.75, 3.05) is 13.7 Å². The van der Waals surface area contributed by atoms with Crippen molar-refractivity contribution in [2.45, 2.75) is 45.1 Å². The predicted octanol–water partition coefficient (Wildman–Crippen LogP) is 2.89. The fourth-order valence-electron chi connectivity index (χ4n) is 2.75. The maximum Gasteiger partial charge on any atom is 0.232 e. The minimum Gasteiger partial charge on any atom is -0.497 e. The summed E-state index contributed by atoms with van der Waals surface area (Å²) in [5.41, 5.74) is 0.915. The molecule has 1 aromatic carbocycles. The Morgan fingerprint density at radius 2 is 2.00 bits per heavy atom. The zero-order chi connectivity index (χ0) is 17.3. The Bertz CT molecular complexity index is 716. The first-order chi connectivity index (χ1) is 11.4. The lowest BCUT2D eigenvalue weighted by Gasteiger charge is -2.16. The Hall–Kier alpha value is -2.37. The molecule has 0 aliphatic carbocycles. The third kappa shape index (κ3) is 3.42. The van der Waals surface area contributed by atoms with Gasteiger partial charge in [-0.05, 0) is 17.7 Å². The monoisotopic (exact) mass is 329 g/mol. The van der Waals surface area contributed by atoms with Gasteiger partial charge in [-0.3, -0.25) is 4.79 Å². The van der Waals surface area contributed by atoms with Crippen molar-refractivity contribution in [1.29, 1.82) is 0 Å². The Kier molecular flexibility index (Phi) is 4.30. The molecule has 0 saturated carbocycles. The molecule has 128 valence electrons. The van der Waals surface area contributed by atoms with Crippen LogP contribution < -0.4 is 4.74 Å². The molecule has 1 amide bonds. The van der Waals surface area contributed by atoms with Crippen molar-refractivity contribution in [2.24, 2.45) is 0 Å². The minimum atomic E-state index is -0.160. The zero-order valence-electron chi connectivity index (χ0n) is 14.6. The number of hydrogen-bond donors (Lipinski definition) is 0. The van der Waals surface area contributed by atoms with Crippen LogP contribution in [0.5, 0.6) is 5.75 Å². The lowest BCUT2D eigenvalue weighted by atomic mass is 9.96. The average molecular weight is 329 g/mol. The van der Waals surface area contributed by atoms with Gasteiger partial charge < -0.3 is 14.2 Å². The van der Waals surface area contributed by atoms with Crippen LogP contribution in [0, 0.1) is 0 Å². The highest BCUT2D eigenvalue weighted by Crippen LogP contribution is 2.30. The van der Waals surface area contributed by atoms with Gasteiger partial charge in [-0.15, -0.1) is 0 Å². The number of rotatable bonds is 4. The van der Waals surface area contributed by atoms with Crippen LogP contribution in [0.15, 0.2) is 28.8 Å². The molecule has 6 heteroatoms. The van der Waals surface area contributed by atoms with Crippen LogP contribution in [0.1, 0.15) is 50.4 Å². The largest absolute Gasteiger partial charge is 0.497 e. The summed E-state index contributed by atoms with van der Waals surface area (Å²) < 4.78 is 10.6. The van der Waals surface area contributed by atoms with E-state index in [4.69, 9.17) is 9.26 Å². The standard InChI is InChI=1S/C18H23N3O3/c1-18(2,3)17-19-16(24-20-17)13-9-15(22)21(11-13)10-12-5-7-14(23-4)8-6-12/h5-8,13H,9-11H2,1-4H3. The molecule has 1 unspecified atom stereocenters. The van der Waals surface area contributed by atoms with Gasteiger partial charge in [0.1, 0.15) is 5.75 Å². The van der Waals surface area contributed by atoms with E-state index in [1.807, 2.05) is 49.9 Å². The van der Waals surface area contributed by atoms with Gasteiger partial charge in [0.15, 0.2) is 5.82 Å². The third-order valence-electron chi connectivity index (χ3n) is 4.21. The number of methoxy groups -OCH3 is 1. The van der Waals surface area contributed by atoms with E-state index in [1.54, 1.807) is 7.11 Å². The van der Waals surface area contributed by atoms with Crippen molar-refractivity contribution >= 4 is 5.91 Å². The van der Waals surface area contributed by atoms with Crippen molar-refractivity contribution < 1.29 is 14.1 Å². The highest BCUT2D eigenvalue weighted by molar-refractivity contribution is 5.79. The average Bonchev–Trinajstić information content (AvgIpc) is 3.15. The summed E-state index contributed by atoms with van der Waals surface area (Å²) in [5, 5.41) is 4.06. The topological polar surface area (TPSA) is 68.5 Å². The van der Waals surface area contributed by atoms with Gasteiger partial charge in [0.05, 0.1) is 13.0 Å². The van der Waals surface area contributed by atoms with E-state index in [2.05, 4.69) is 10.1 Å². The van der Waals surface area contributed by atoms with Crippen LogP contribution in [0.25, 0.3) is 0 Å². The quantitative estimate of drug-likeness (QED) is 0.863. The number of carbonyl (C=O) groups is 1. The molecule has 2 aromatic rings. The van der Waals surface area contributed by atoms with Crippen LogP contribution >= 0.6 is 0 Å². The summed E-state index contributed by atoms with van der Waals surface area (Å²) in [4.78, 5) is 18.6. The number of amides is 1. The van der Waals surface area contributed by atoms with Crippen LogP contribution in [0.3, 0.4) is 0 Å². The summed E-state index contributed by atoms with van der Waals surface area (Å²) >= 11 is 0. The van der Waals surface area contributed by atoms with Gasteiger partial charge in [0.2, 0.25) is 11.8 Å². The number of ether oxygens (including phenoxy) is 1. The molecular formula is C18H23N3O3. The molecule has 1 aromatic heterocycles. The van der Waals surface area contributed by atoms with Crippen LogP contribution in [-0.2, 0) is 16.8 Å². The smallest absolute Gasteiger partial charge is 0.232 e. The number of nitrogens with zero attached hydrogens (tertiary/aromatic N) is 3. The predicted molar refractivity (Wildman–Crippen MR) is 88.8 cm³/mol. The molecule has 24 heavy (non-hydrogen) atoms. The normalized spacial score (nSPS) is 18.2. The molecule has 2 heterocycles. The lowest BCUT2D eigenvalue weighted by molar-refractivity contribution is -0.128. The molecule has 0 bridgehead atoms. The van der Waals surface area contributed by atoms with Crippen LogP contribution in [0.2, 0.25) is 0 Å². The Balaban J connectivity index is 1.68. The van der Waals surface area contributed by atoms with Crippen LogP contribution in [0.4, 0.5) is 0 Å². The van der Waals surface area contributed by atoms with E-state index in [0.29, 0.717) is 31.2 Å². The first kappa shape index (κ1) is 16.5. The summed E-state index contributed by atoms with van der Waals surface area (Å²) in [7, 11) is 1.64. The zero-order valence-corrected chi connectivity index (χ0v) is 14.6. The summed E-state index contributed by atoms with van der Waals surface area (Å²) in [6.07, 6.45) is 0.419. The number of likely N-dealkylation sites (tertiary alicyclic amines) is 1. The Morgan fingerprint density at radius 3 is 2.58 bits per heavy atom. The van der Waals surface area contributed by atoms with Gasteiger partial charge >= 0.3 is 0 Å². The summed E-state index contributed by atoms with van der Waals surface area (Å²) in [6, 6.07) is 7.76. The summed E-state index contributed by atoms with van der Waals surface area (Å²) in [6.45, 7) is 7.31. The molecule has 1 aliphatic heterocycles. The molecule has 1 fully saturated rings. The van der Waals surface area contributed by atoms with E-state index in [0.717, 1.165) is 11.3 Å². The van der Waals surface area contributed by atoms with Gasteiger partial charge in [-0.1, -0.05) is 38.1 Å². The highest BCUT2D eigenvalue weighted by atomic mass is 16.5. The Labute approximate surface area is 141 Å². The fraction of sp³-hybridized carbons (Fsp3) is 0.500. The van der Waals surface area contributed by atoms with E-state index >= 15 is 0 Å². The molecule has 0 spiro atoms. The molecule has 1 saturated heterocycles. The van der Waals surface area contributed by atoms with E-state index in [9.17, 15) is 4.79 Å². The molecule has 0 radical (unpaired) electrons. The number of aromatic nitrogens is 2. The molecule has 0 N–H and O–H groups in total. The van der Waals surface area contributed by atoms with Gasteiger partial charge in [-0.25, -0.2) is 0 Å². The second kappa shape index (κ2) is 6.26. The number of carbonyl (C=O) groups excluding carboxylic acids is 1. The van der Waals surface area contributed by atoms with Gasteiger partial charge in [0.25, 0.3) is 0 Å². The van der Waals surface area contributed by atoms with Crippen LogP contribution in [-0.4, -0.2) is 34.6 Å². The van der Waals surface area contributed by atoms with Gasteiger partial charge in [0, 0.05) is 24.9 Å². The van der Waals surface area contributed by atoms with E-state index < -0.39 is 0 Å². The number of hydrogen-bond acceptors (Lipinski definition) is 5. The third-order valence-corrected chi connectivity index (χ3v) is 4.21. The first-order valence-electron chi connectivity index (χ1n) is 8.11. The number of benzene rings is 1. The van der Waals surface area contributed by atoms with E-state index in [1.165, 1.54) is 0 Å². The van der Waals surface area contributed by atoms with Crippen molar-refractivity contribution in [1.82, 2.24) is 15.0 Å². The maximum absolute atomic E-state index is 12.3. The highest BCUT2D eigenvalue weighted by Gasteiger charge is 2.35. The molecule has 1 atom stereocenters. The van der Waals surface area contributed by atoms with Gasteiger partial charge in [-0.2, -0.15) is 4.98 Å². The second-order valence-electron chi connectivity index (χ2n) is 7.23. The second-order valence-corrected chi connectivity index (χ2v) is 7.23. The van der Waals surface area contributed by atoms with Crippen molar-refractivity contribution in [3.8, 4) is 5.75 Å². The fourth-order valence-corrected chi connectivity index (χ4v) is 2.75. The lowest BCUT2D eigenvalue weighted by Crippen LogP contribution is -2.24. The Morgan fingerprint density at radius 1 is 1.29 bits per heavy atom. The molecule has 3 rings (SSSR count). The first-order valence-corrected chi connectivity index (χ1v) is 8.11.